The molecular weight excluding hydrogens is 610 g/mol. The van der Waals surface area contributed by atoms with Crippen LogP contribution in [-0.4, -0.2) is 82.1 Å². The van der Waals surface area contributed by atoms with Gasteiger partial charge in [0.2, 0.25) is 5.91 Å². The van der Waals surface area contributed by atoms with E-state index in [1.165, 1.54) is 7.11 Å². The fourth-order valence-electron chi connectivity index (χ4n) is 6.95. The largest absolute Gasteiger partial charge is 0.453 e. The maximum Gasteiger partial charge on any atom is 0.407 e. The van der Waals surface area contributed by atoms with Gasteiger partial charge >= 0.3 is 6.09 Å². The molecule has 5 heterocycles. The fraction of sp³-hybridized carbons (Fsp3) is 0.444. The SMILES string of the molecule is COC(=O)N[C@H](C(=O)N1CCCC1c1ncc(-c2ccc(-c3ccc(-c4cnc([C@@H]5CC6(CN5)OCCCO6)[nH]4)cc3)cc2)[nH]1)C(C)C. The number of benzene rings is 2. The molecule has 0 saturated carbocycles. The molecule has 1 unspecified atom stereocenters. The predicted octanol–water partition coefficient (Wildman–Crippen LogP) is 5.35. The normalized spacial score (nSPS) is 21.1. The summed E-state index contributed by atoms with van der Waals surface area (Å²) in [6, 6.07) is 16.0. The second kappa shape index (κ2) is 13.5. The Bertz CT molecular complexity index is 1730. The smallest absolute Gasteiger partial charge is 0.407 e. The molecule has 3 saturated heterocycles. The first-order valence-electron chi connectivity index (χ1n) is 16.8. The van der Waals surface area contributed by atoms with E-state index in [1.807, 2.05) is 31.1 Å². The standard InChI is InChI=1S/C36H43N7O5/c1-22(2)31(42-35(45)46-3)34(44)43-15-4-6-30(43)33-38-20-29(41-33)26-13-9-24(10-14-26)23-7-11-25(12-8-23)28-19-37-32(40-28)27-18-36(21-39-27)47-16-5-17-48-36/h7-14,19-20,22,27,30-31,39H,4-6,15-18,21H2,1-3H3,(H,37,40)(H,38,41)(H,42,45)/t27-,30?,31-/m0/s1. The van der Waals surface area contributed by atoms with E-state index in [4.69, 9.17) is 14.2 Å². The quantitative estimate of drug-likeness (QED) is 0.199. The number of carbonyl (C=O) groups excluding carboxylic acids is 2. The Hall–Kier alpha value is -4.52. The van der Waals surface area contributed by atoms with Crippen LogP contribution in [0.4, 0.5) is 4.79 Å². The average molecular weight is 654 g/mol. The summed E-state index contributed by atoms with van der Waals surface area (Å²) in [6.45, 7) is 6.57. The lowest BCUT2D eigenvalue weighted by molar-refractivity contribution is -0.255. The summed E-state index contributed by atoms with van der Waals surface area (Å²) in [5, 5.41) is 6.20. The number of alkyl carbamates (subject to hydrolysis) is 1. The van der Waals surface area contributed by atoms with Crippen LogP contribution in [0.2, 0.25) is 0 Å². The maximum atomic E-state index is 13.5. The Labute approximate surface area is 280 Å². The number of aromatic amines is 2. The second-order valence-electron chi connectivity index (χ2n) is 13.2. The number of hydrogen-bond acceptors (Lipinski definition) is 8. The van der Waals surface area contributed by atoms with Crippen LogP contribution in [-0.2, 0) is 19.0 Å². The van der Waals surface area contributed by atoms with Crippen molar-refractivity contribution in [2.24, 2.45) is 5.92 Å². The van der Waals surface area contributed by atoms with Gasteiger partial charge in [0, 0.05) is 13.0 Å². The molecule has 1 spiro atoms. The molecule has 3 atom stereocenters. The van der Waals surface area contributed by atoms with Gasteiger partial charge in [-0.05, 0) is 47.4 Å². The van der Waals surface area contributed by atoms with Crippen molar-refractivity contribution >= 4 is 12.0 Å². The molecule has 4 aromatic rings. The molecule has 7 rings (SSSR count). The number of nitrogens with zero attached hydrogens (tertiary/aromatic N) is 3. The third kappa shape index (κ3) is 6.47. The van der Waals surface area contributed by atoms with E-state index >= 15 is 0 Å². The minimum absolute atomic E-state index is 0.0627. The molecule has 0 radical (unpaired) electrons. The Balaban J connectivity index is 0.996. The van der Waals surface area contributed by atoms with Gasteiger partial charge in [0.1, 0.15) is 17.7 Å². The molecule has 12 nitrogen and oxygen atoms in total. The molecule has 2 aromatic heterocycles. The van der Waals surface area contributed by atoms with Gasteiger partial charge in [0.05, 0.1) is 62.7 Å². The van der Waals surface area contributed by atoms with Crippen LogP contribution < -0.4 is 10.6 Å². The van der Waals surface area contributed by atoms with Crippen LogP contribution in [0.15, 0.2) is 60.9 Å². The zero-order chi connectivity index (χ0) is 33.3. The first kappa shape index (κ1) is 32.0. The van der Waals surface area contributed by atoms with Crippen molar-refractivity contribution in [3.63, 3.8) is 0 Å². The Morgan fingerprint density at radius 3 is 2.08 bits per heavy atom. The van der Waals surface area contributed by atoms with E-state index in [-0.39, 0.29) is 23.9 Å². The van der Waals surface area contributed by atoms with E-state index < -0.39 is 17.9 Å². The van der Waals surface area contributed by atoms with Crippen molar-refractivity contribution in [1.82, 2.24) is 35.5 Å². The first-order chi connectivity index (χ1) is 23.3. The number of carbonyl (C=O) groups is 2. The molecule has 0 bridgehead atoms. The fourth-order valence-corrected chi connectivity index (χ4v) is 6.95. The van der Waals surface area contributed by atoms with Crippen molar-refractivity contribution in [1.29, 1.82) is 0 Å². The zero-order valence-corrected chi connectivity index (χ0v) is 27.6. The minimum Gasteiger partial charge on any atom is -0.453 e. The second-order valence-corrected chi connectivity index (χ2v) is 13.2. The summed E-state index contributed by atoms with van der Waals surface area (Å²) in [4.78, 5) is 43.5. The number of likely N-dealkylation sites (tertiary alicyclic amines) is 1. The molecule has 252 valence electrons. The summed E-state index contributed by atoms with van der Waals surface area (Å²) < 4.78 is 16.7. The highest BCUT2D eigenvalue weighted by Gasteiger charge is 2.44. The van der Waals surface area contributed by atoms with Crippen LogP contribution in [0.3, 0.4) is 0 Å². The number of nitrogens with one attached hydrogen (secondary N) is 4. The molecule has 48 heavy (non-hydrogen) atoms. The number of ether oxygens (including phenoxy) is 3. The molecule has 4 N–H and O–H groups in total. The lowest BCUT2D eigenvalue weighted by Gasteiger charge is -2.32. The van der Waals surface area contributed by atoms with Gasteiger partial charge in [-0.15, -0.1) is 0 Å². The summed E-state index contributed by atoms with van der Waals surface area (Å²) in [5.74, 6) is 0.898. The average Bonchev–Trinajstić information content (AvgIpc) is 3.94. The monoisotopic (exact) mass is 653 g/mol. The van der Waals surface area contributed by atoms with Crippen molar-refractivity contribution in [2.45, 2.75) is 63.4 Å². The number of methoxy groups -OCH3 is 1. The third-order valence-corrected chi connectivity index (χ3v) is 9.64. The van der Waals surface area contributed by atoms with E-state index in [2.05, 4.69) is 79.1 Å². The maximum absolute atomic E-state index is 13.5. The number of rotatable bonds is 8. The molecule has 12 heteroatoms. The van der Waals surface area contributed by atoms with Crippen LogP contribution >= 0.6 is 0 Å². The number of aromatic nitrogens is 4. The van der Waals surface area contributed by atoms with Gasteiger partial charge in [-0.1, -0.05) is 62.4 Å². The lowest BCUT2D eigenvalue weighted by atomic mass is 10.0. The van der Waals surface area contributed by atoms with Gasteiger partial charge in [-0.2, -0.15) is 0 Å². The molecule has 0 aliphatic carbocycles. The van der Waals surface area contributed by atoms with Crippen molar-refractivity contribution < 1.29 is 23.8 Å². The third-order valence-electron chi connectivity index (χ3n) is 9.64. The number of amides is 2. The number of hydrogen-bond donors (Lipinski definition) is 4. The lowest BCUT2D eigenvalue weighted by Crippen LogP contribution is -2.51. The molecular formula is C36H43N7O5. The van der Waals surface area contributed by atoms with E-state index in [9.17, 15) is 9.59 Å². The van der Waals surface area contributed by atoms with Crippen LogP contribution in [0, 0.1) is 5.92 Å². The van der Waals surface area contributed by atoms with E-state index in [0.717, 1.165) is 84.2 Å². The van der Waals surface area contributed by atoms with Gasteiger partial charge < -0.3 is 39.7 Å². The highest BCUT2D eigenvalue weighted by atomic mass is 16.7. The first-order valence-corrected chi connectivity index (χ1v) is 16.8. The van der Waals surface area contributed by atoms with Crippen molar-refractivity contribution in [3.8, 4) is 33.6 Å². The molecule has 2 aromatic carbocycles. The highest BCUT2D eigenvalue weighted by molar-refractivity contribution is 5.86. The molecule has 2 amide bonds. The summed E-state index contributed by atoms with van der Waals surface area (Å²) in [6.07, 6.45) is 6.44. The van der Waals surface area contributed by atoms with Gasteiger partial charge in [0.25, 0.3) is 0 Å². The van der Waals surface area contributed by atoms with Crippen LogP contribution in [0.5, 0.6) is 0 Å². The Morgan fingerprint density at radius 1 is 0.896 bits per heavy atom. The minimum atomic E-state index is -0.666. The molecule has 3 fully saturated rings. The number of H-pyrrole nitrogens is 2. The Morgan fingerprint density at radius 2 is 1.48 bits per heavy atom. The van der Waals surface area contributed by atoms with E-state index in [1.54, 1.807) is 0 Å². The highest BCUT2D eigenvalue weighted by Crippen LogP contribution is 2.36. The molecule has 3 aliphatic rings. The topological polar surface area (TPSA) is 146 Å². The van der Waals surface area contributed by atoms with Crippen molar-refractivity contribution in [2.75, 3.05) is 33.4 Å². The zero-order valence-electron chi connectivity index (χ0n) is 27.6. The van der Waals surface area contributed by atoms with Crippen molar-refractivity contribution in [3.05, 3.63) is 72.6 Å². The van der Waals surface area contributed by atoms with Gasteiger partial charge in [-0.25, -0.2) is 14.8 Å². The summed E-state index contributed by atoms with van der Waals surface area (Å²) >= 11 is 0. The van der Waals surface area contributed by atoms with E-state index in [0.29, 0.717) is 13.1 Å². The van der Waals surface area contributed by atoms with Crippen LogP contribution in [0.1, 0.15) is 63.3 Å². The summed E-state index contributed by atoms with van der Waals surface area (Å²) in [5.41, 5.74) is 6.15. The summed E-state index contributed by atoms with van der Waals surface area (Å²) in [7, 11) is 1.30. The Kier molecular flexibility index (Phi) is 9.04. The predicted molar refractivity (Wildman–Crippen MR) is 180 cm³/mol. The van der Waals surface area contributed by atoms with Gasteiger partial charge in [-0.3, -0.25) is 4.79 Å². The molecule has 3 aliphatic heterocycles. The van der Waals surface area contributed by atoms with Gasteiger partial charge in [0.15, 0.2) is 5.79 Å². The number of imidazole rings is 2. The van der Waals surface area contributed by atoms with Crippen LogP contribution in [0.25, 0.3) is 33.6 Å².